The van der Waals surface area contributed by atoms with Crippen molar-refractivity contribution in [3.8, 4) is 17.2 Å². The van der Waals surface area contributed by atoms with E-state index in [1.54, 1.807) is 6.92 Å². The number of anilines is 1. The third-order valence-electron chi connectivity index (χ3n) is 3.55. The Morgan fingerprint density at radius 3 is 2.08 bits per heavy atom. The van der Waals surface area contributed by atoms with Crippen LogP contribution in [0.5, 0.6) is 0 Å². The number of esters is 1. The van der Waals surface area contributed by atoms with Crippen LogP contribution < -0.4 is 4.90 Å². The monoisotopic (exact) mass is 320 g/mol. The van der Waals surface area contributed by atoms with E-state index < -0.39 is 5.97 Å². The molecule has 0 amide bonds. The highest BCUT2D eigenvalue weighted by Crippen LogP contribution is 2.23. The highest BCUT2D eigenvalue weighted by Gasteiger charge is 2.09. The fourth-order valence-electron chi connectivity index (χ4n) is 2.24. The van der Waals surface area contributed by atoms with Gasteiger partial charge in [-0.2, -0.15) is 5.26 Å². The lowest BCUT2D eigenvalue weighted by atomic mass is 10.0. The Kier molecular flexibility index (Phi) is 5.75. The van der Waals surface area contributed by atoms with Crippen LogP contribution in [0.2, 0.25) is 0 Å². The maximum absolute atomic E-state index is 11.6. The Morgan fingerprint density at radius 2 is 1.62 bits per heavy atom. The molecule has 24 heavy (non-hydrogen) atoms. The van der Waals surface area contributed by atoms with Crippen molar-refractivity contribution in [2.24, 2.45) is 0 Å². The number of benzene rings is 2. The van der Waals surface area contributed by atoms with Crippen LogP contribution in [0.3, 0.4) is 0 Å². The SMILES string of the molecule is CCOC(=O)/C(C#N)=C/c1ccc(-c2ccc(N(C)C)cc2)cc1. The Morgan fingerprint density at radius 1 is 1.08 bits per heavy atom. The molecule has 0 aromatic heterocycles. The first-order valence-electron chi connectivity index (χ1n) is 7.72. The first kappa shape index (κ1) is 17.3. The van der Waals surface area contributed by atoms with Gasteiger partial charge in [-0.3, -0.25) is 0 Å². The Labute approximate surface area is 142 Å². The summed E-state index contributed by atoms with van der Waals surface area (Å²) in [5, 5.41) is 9.06. The van der Waals surface area contributed by atoms with Gasteiger partial charge < -0.3 is 9.64 Å². The van der Waals surface area contributed by atoms with Crippen LogP contribution >= 0.6 is 0 Å². The molecule has 4 heteroatoms. The maximum Gasteiger partial charge on any atom is 0.348 e. The van der Waals surface area contributed by atoms with Gasteiger partial charge in [-0.1, -0.05) is 36.4 Å². The van der Waals surface area contributed by atoms with Crippen molar-refractivity contribution < 1.29 is 9.53 Å². The topological polar surface area (TPSA) is 53.3 Å². The van der Waals surface area contributed by atoms with Crippen LogP contribution in [0.25, 0.3) is 17.2 Å². The Hall–Kier alpha value is -3.06. The number of hydrogen-bond donors (Lipinski definition) is 0. The number of ether oxygens (including phenoxy) is 1. The summed E-state index contributed by atoms with van der Waals surface area (Å²) in [6, 6.07) is 17.9. The average molecular weight is 320 g/mol. The molecule has 0 atom stereocenters. The molecule has 0 saturated heterocycles. The molecule has 0 aliphatic rings. The first-order chi connectivity index (χ1) is 11.5. The number of carbonyl (C=O) groups excluding carboxylic acids is 1. The fraction of sp³-hybridized carbons (Fsp3) is 0.200. The molecule has 0 aliphatic heterocycles. The zero-order valence-corrected chi connectivity index (χ0v) is 14.1. The smallest absolute Gasteiger partial charge is 0.348 e. The summed E-state index contributed by atoms with van der Waals surface area (Å²) in [5.74, 6) is -0.594. The molecule has 0 bridgehead atoms. The van der Waals surface area contributed by atoms with Gasteiger partial charge in [-0.05, 0) is 41.8 Å². The minimum absolute atomic E-state index is 0.0000593. The summed E-state index contributed by atoms with van der Waals surface area (Å²) in [5.41, 5.74) is 4.12. The number of rotatable bonds is 5. The summed E-state index contributed by atoms with van der Waals surface area (Å²) in [6.45, 7) is 1.96. The molecule has 2 aromatic carbocycles. The maximum atomic E-state index is 11.6. The van der Waals surface area contributed by atoms with E-state index in [9.17, 15) is 4.79 Å². The summed E-state index contributed by atoms with van der Waals surface area (Å²) < 4.78 is 4.86. The van der Waals surface area contributed by atoms with Crippen LogP contribution in [0.1, 0.15) is 12.5 Å². The molecule has 0 radical (unpaired) electrons. The van der Waals surface area contributed by atoms with Crippen LogP contribution in [0, 0.1) is 11.3 Å². The van der Waals surface area contributed by atoms with Gasteiger partial charge in [0.2, 0.25) is 0 Å². The number of nitrogens with zero attached hydrogens (tertiary/aromatic N) is 2. The van der Waals surface area contributed by atoms with Crippen molar-refractivity contribution in [3.63, 3.8) is 0 Å². The second kappa shape index (κ2) is 7.98. The summed E-state index contributed by atoms with van der Waals surface area (Å²) >= 11 is 0. The van der Waals surface area contributed by atoms with E-state index in [-0.39, 0.29) is 12.2 Å². The fourth-order valence-corrected chi connectivity index (χ4v) is 2.24. The summed E-state index contributed by atoms with van der Waals surface area (Å²) in [4.78, 5) is 13.7. The van der Waals surface area contributed by atoms with Crippen molar-refractivity contribution >= 4 is 17.7 Å². The zero-order chi connectivity index (χ0) is 17.5. The molecule has 0 unspecified atom stereocenters. The number of nitriles is 1. The van der Waals surface area contributed by atoms with Crippen LogP contribution in [-0.4, -0.2) is 26.7 Å². The molecule has 0 heterocycles. The molecule has 2 aromatic rings. The number of carbonyl (C=O) groups is 1. The molecule has 4 nitrogen and oxygen atoms in total. The first-order valence-corrected chi connectivity index (χ1v) is 7.72. The summed E-state index contributed by atoms with van der Waals surface area (Å²) in [6.07, 6.45) is 1.54. The quantitative estimate of drug-likeness (QED) is 0.476. The molecule has 122 valence electrons. The average Bonchev–Trinajstić information content (AvgIpc) is 2.60. The third-order valence-corrected chi connectivity index (χ3v) is 3.55. The molecule has 0 fully saturated rings. The van der Waals surface area contributed by atoms with Crippen LogP contribution in [0.4, 0.5) is 5.69 Å². The van der Waals surface area contributed by atoms with Crippen LogP contribution in [-0.2, 0) is 9.53 Å². The zero-order valence-electron chi connectivity index (χ0n) is 14.1. The van der Waals surface area contributed by atoms with Crippen LogP contribution in [0.15, 0.2) is 54.1 Å². The Balaban J connectivity index is 2.21. The normalized spacial score (nSPS) is 10.8. The van der Waals surface area contributed by atoms with Crippen molar-refractivity contribution in [3.05, 3.63) is 59.7 Å². The lowest BCUT2D eigenvalue weighted by Gasteiger charge is -2.12. The van der Waals surface area contributed by atoms with E-state index in [1.165, 1.54) is 6.08 Å². The predicted molar refractivity (Wildman–Crippen MR) is 96.4 cm³/mol. The second-order valence-corrected chi connectivity index (χ2v) is 5.45. The van der Waals surface area contributed by atoms with Crippen molar-refractivity contribution in [2.45, 2.75) is 6.92 Å². The van der Waals surface area contributed by atoms with E-state index in [2.05, 4.69) is 29.2 Å². The highest BCUT2D eigenvalue weighted by molar-refractivity contribution is 5.97. The lowest BCUT2D eigenvalue weighted by Crippen LogP contribution is -2.07. The molecular weight excluding hydrogens is 300 g/mol. The molecule has 0 saturated carbocycles. The van der Waals surface area contributed by atoms with E-state index in [1.807, 2.05) is 44.4 Å². The predicted octanol–water partition coefficient (Wildman–Crippen LogP) is 3.89. The minimum Gasteiger partial charge on any atom is -0.462 e. The van der Waals surface area contributed by atoms with Gasteiger partial charge in [-0.25, -0.2) is 4.79 Å². The summed E-state index contributed by atoms with van der Waals surface area (Å²) in [7, 11) is 4.01. The van der Waals surface area contributed by atoms with E-state index >= 15 is 0 Å². The van der Waals surface area contributed by atoms with E-state index in [0.29, 0.717) is 0 Å². The van der Waals surface area contributed by atoms with Gasteiger partial charge in [0.15, 0.2) is 0 Å². The van der Waals surface area contributed by atoms with Gasteiger partial charge in [0.25, 0.3) is 0 Å². The largest absolute Gasteiger partial charge is 0.462 e. The molecule has 0 spiro atoms. The van der Waals surface area contributed by atoms with E-state index in [0.717, 1.165) is 22.4 Å². The molecule has 0 N–H and O–H groups in total. The van der Waals surface area contributed by atoms with E-state index in [4.69, 9.17) is 10.00 Å². The molecule has 2 rings (SSSR count). The van der Waals surface area contributed by atoms with Crippen molar-refractivity contribution in [2.75, 3.05) is 25.6 Å². The van der Waals surface area contributed by atoms with Gasteiger partial charge in [-0.15, -0.1) is 0 Å². The number of hydrogen-bond acceptors (Lipinski definition) is 4. The molecule has 0 aliphatic carbocycles. The standard InChI is InChI=1S/C20H20N2O2/c1-4-24-20(23)18(14-21)13-15-5-7-16(8-6-15)17-9-11-19(12-10-17)22(2)3/h5-13H,4H2,1-3H3/b18-13+. The second-order valence-electron chi connectivity index (χ2n) is 5.45. The molecular formula is C20H20N2O2. The highest BCUT2D eigenvalue weighted by atomic mass is 16.5. The van der Waals surface area contributed by atoms with Crippen molar-refractivity contribution in [1.29, 1.82) is 5.26 Å². The minimum atomic E-state index is -0.594. The van der Waals surface area contributed by atoms with Crippen molar-refractivity contribution in [1.82, 2.24) is 0 Å². The lowest BCUT2D eigenvalue weighted by molar-refractivity contribution is -0.137. The Bertz CT molecular complexity index is 767. The van der Waals surface area contributed by atoms with Gasteiger partial charge in [0.1, 0.15) is 11.6 Å². The van der Waals surface area contributed by atoms with Gasteiger partial charge >= 0.3 is 5.97 Å². The third kappa shape index (κ3) is 4.23. The van der Waals surface area contributed by atoms with Gasteiger partial charge in [0.05, 0.1) is 6.61 Å². The van der Waals surface area contributed by atoms with Gasteiger partial charge in [0, 0.05) is 19.8 Å².